The highest BCUT2D eigenvalue weighted by atomic mass is 35.5. The first kappa shape index (κ1) is 23.0. The lowest BCUT2D eigenvalue weighted by molar-refractivity contribution is -0.142. The molecule has 0 heterocycles. The molecule has 5 nitrogen and oxygen atoms in total. The lowest BCUT2D eigenvalue weighted by Crippen LogP contribution is -2.50. The van der Waals surface area contributed by atoms with Crippen molar-refractivity contribution in [3.8, 4) is 5.75 Å². The number of halogens is 2. The second-order valence-corrected chi connectivity index (χ2v) is 7.69. The highest BCUT2D eigenvalue weighted by molar-refractivity contribution is 6.31. The topological polar surface area (TPSA) is 58.6 Å². The molecule has 7 heteroatoms. The van der Waals surface area contributed by atoms with Gasteiger partial charge in [0.2, 0.25) is 5.91 Å². The Hall–Kier alpha value is -2.24. The normalized spacial score (nSPS) is 12.7. The third-order valence-electron chi connectivity index (χ3n) is 4.64. The Kier molecular flexibility index (Phi) is 8.80. The Morgan fingerprint density at radius 2 is 1.72 bits per heavy atom. The molecule has 0 fully saturated rings. The Morgan fingerprint density at radius 1 is 1.07 bits per heavy atom. The van der Waals surface area contributed by atoms with Gasteiger partial charge >= 0.3 is 0 Å². The third kappa shape index (κ3) is 6.94. The molecule has 2 atom stereocenters. The van der Waals surface area contributed by atoms with Crippen LogP contribution in [0.15, 0.2) is 48.5 Å². The molecular weight excluding hydrogens is 411 g/mol. The minimum atomic E-state index is -0.679. The Bertz CT molecular complexity index is 827. The fraction of sp³-hybridized carbons (Fsp3) is 0.364. The van der Waals surface area contributed by atoms with Crippen LogP contribution in [0.4, 0.5) is 0 Å². The van der Waals surface area contributed by atoms with Crippen LogP contribution >= 0.6 is 23.2 Å². The van der Waals surface area contributed by atoms with Crippen molar-refractivity contribution in [3.63, 3.8) is 0 Å². The second kappa shape index (κ2) is 11.1. The van der Waals surface area contributed by atoms with Gasteiger partial charge in [0.25, 0.3) is 5.91 Å². The highest BCUT2D eigenvalue weighted by Gasteiger charge is 2.27. The van der Waals surface area contributed by atoms with Crippen molar-refractivity contribution in [2.24, 2.45) is 0 Å². The molecule has 0 aromatic heterocycles. The molecule has 0 spiro atoms. The van der Waals surface area contributed by atoms with E-state index < -0.39 is 6.04 Å². The van der Waals surface area contributed by atoms with Crippen molar-refractivity contribution in [1.82, 2.24) is 10.2 Å². The maximum Gasteiger partial charge on any atom is 0.261 e. The number of nitrogens with one attached hydrogen (secondary N) is 1. The first-order valence-corrected chi connectivity index (χ1v) is 10.3. The van der Waals surface area contributed by atoms with E-state index >= 15 is 0 Å². The maximum atomic E-state index is 13.0. The SMILES string of the molecule is CC[C@@H](C)NC(=O)[C@@H](C)N(Cc1ccccc1Cl)C(=O)COc1ccc(Cl)cc1. The number of amides is 2. The molecule has 2 aromatic rings. The van der Waals surface area contributed by atoms with Gasteiger partial charge in [-0.1, -0.05) is 48.3 Å². The van der Waals surface area contributed by atoms with E-state index in [9.17, 15) is 9.59 Å². The second-order valence-electron chi connectivity index (χ2n) is 6.85. The summed E-state index contributed by atoms with van der Waals surface area (Å²) in [5.74, 6) is -0.00456. The van der Waals surface area contributed by atoms with Crippen molar-refractivity contribution in [3.05, 3.63) is 64.1 Å². The zero-order valence-corrected chi connectivity index (χ0v) is 18.3. The summed E-state index contributed by atoms with van der Waals surface area (Å²) in [6.45, 7) is 5.62. The van der Waals surface area contributed by atoms with Crippen LogP contribution in [0.25, 0.3) is 0 Å². The van der Waals surface area contributed by atoms with E-state index in [4.69, 9.17) is 27.9 Å². The molecule has 156 valence electrons. The molecule has 0 radical (unpaired) electrons. The number of hydrogen-bond acceptors (Lipinski definition) is 3. The van der Waals surface area contributed by atoms with Crippen LogP contribution in [0.5, 0.6) is 5.75 Å². The molecule has 2 rings (SSSR count). The van der Waals surface area contributed by atoms with E-state index in [-0.39, 0.29) is 31.0 Å². The molecule has 2 amide bonds. The lowest BCUT2D eigenvalue weighted by Gasteiger charge is -2.30. The van der Waals surface area contributed by atoms with Crippen molar-refractivity contribution in [2.75, 3.05) is 6.61 Å². The van der Waals surface area contributed by atoms with Crippen LogP contribution in [0, 0.1) is 0 Å². The Balaban J connectivity index is 2.15. The van der Waals surface area contributed by atoms with Gasteiger partial charge in [0.1, 0.15) is 11.8 Å². The van der Waals surface area contributed by atoms with E-state index in [1.807, 2.05) is 32.0 Å². The number of rotatable bonds is 9. The van der Waals surface area contributed by atoms with Gasteiger partial charge in [-0.2, -0.15) is 0 Å². The summed E-state index contributed by atoms with van der Waals surface area (Å²) in [7, 11) is 0. The van der Waals surface area contributed by atoms with E-state index in [1.54, 1.807) is 37.3 Å². The number of benzene rings is 2. The number of ether oxygens (including phenoxy) is 1. The molecule has 0 aliphatic rings. The molecule has 0 unspecified atom stereocenters. The molecule has 0 bridgehead atoms. The van der Waals surface area contributed by atoms with Crippen LogP contribution in [-0.2, 0) is 16.1 Å². The third-order valence-corrected chi connectivity index (χ3v) is 5.26. The fourth-order valence-corrected chi connectivity index (χ4v) is 2.94. The number of nitrogens with zero attached hydrogens (tertiary/aromatic N) is 1. The number of carbonyl (C=O) groups excluding carboxylic acids is 2. The molecule has 2 aromatic carbocycles. The zero-order valence-electron chi connectivity index (χ0n) is 16.8. The quantitative estimate of drug-likeness (QED) is 0.619. The first-order chi connectivity index (χ1) is 13.8. The average Bonchev–Trinajstić information content (AvgIpc) is 2.71. The van der Waals surface area contributed by atoms with Crippen molar-refractivity contribution in [1.29, 1.82) is 0 Å². The van der Waals surface area contributed by atoms with Crippen LogP contribution < -0.4 is 10.1 Å². The van der Waals surface area contributed by atoms with E-state index in [2.05, 4.69) is 5.32 Å². The van der Waals surface area contributed by atoms with Crippen molar-refractivity contribution in [2.45, 2.75) is 45.8 Å². The van der Waals surface area contributed by atoms with Gasteiger partial charge in [0.05, 0.1) is 0 Å². The van der Waals surface area contributed by atoms with Crippen LogP contribution in [0.1, 0.15) is 32.8 Å². The highest BCUT2D eigenvalue weighted by Crippen LogP contribution is 2.20. The van der Waals surface area contributed by atoms with Gasteiger partial charge in [0, 0.05) is 22.6 Å². The predicted molar refractivity (Wildman–Crippen MR) is 116 cm³/mol. The fourth-order valence-electron chi connectivity index (χ4n) is 2.62. The molecule has 0 saturated heterocycles. The predicted octanol–water partition coefficient (Wildman–Crippen LogP) is 4.70. The number of carbonyl (C=O) groups is 2. The Labute approximate surface area is 181 Å². The van der Waals surface area contributed by atoms with Crippen molar-refractivity contribution < 1.29 is 14.3 Å². The molecule has 29 heavy (non-hydrogen) atoms. The van der Waals surface area contributed by atoms with Gasteiger partial charge in [-0.25, -0.2) is 0 Å². The summed E-state index contributed by atoms with van der Waals surface area (Å²) in [5.41, 5.74) is 0.761. The minimum Gasteiger partial charge on any atom is -0.484 e. The van der Waals surface area contributed by atoms with Gasteiger partial charge in [-0.3, -0.25) is 9.59 Å². The summed E-state index contributed by atoms with van der Waals surface area (Å²) < 4.78 is 5.59. The zero-order chi connectivity index (χ0) is 21.4. The average molecular weight is 437 g/mol. The lowest BCUT2D eigenvalue weighted by atomic mass is 10.1. The first-order valence-electron chi connectivity index (χ1n) is 9.53. The summed E-state index contributed by atoms with van der Waals surface area (Å²) in [4.78, 5) is 27.1. The van der Waals surface area contributed by atoms with E-state index in [1.165, 1.54) is 4.90 Å². The van der Waals surface area contributed by atoms with Gasteiger partial charge < -0.3 is 15.0 Å². The molecule has 0 saturated carbocycles. The van der Waals surface area contributed by atoms with Crippen LogP contribution in [0.2, 0.25) is 10.0 Å². The van der Waals surface area contributed by atoms with E-state index in [0.717, 1.165) is 12.0 Å². The molecule has 1 N–H and O–H groups in total. The van der Waals surface area contributed by atoms with Crippen LogP contribution in [0.3, 0.4) is 0 Å². The Morgan fingerprint density at radius 3 is 2.34 bits per heavy atom. The summed E-state index contributed by atoms with van der Waals surface area (Å²) >= 11 is 12.1. The largest absolute Gasteiger partial charge is 0.484 e. The van der Waals surface area contributed by atoms with Crippen LogP contribution in [-0.4, -0.2) is 35.4 Å². The van der Waals surface area contributed by atoms with Gasteiger partial charge in [0.15, 0.2) is 6.61 Å². The summed E-state index contributed by atoms with van der Waals surface area (Å²) in [5, 5.41) is 4.05. The monoisotopic (exact) mass is 436 g/mol. The smallest absolute Gasteiger partial charge is 0.261 e. The standard InChI is InChI=1S/C22H26Cl2N2O3/c1-4-15(2)25-22(28)16(3)26(13-17-7-5-6-8-20(17)24)21(27)14-29-19-11-9-18(23)10-12-19/h5-12,15-16H,4,13-14H2,1-3H3,(H,25,28)/t15-,16-/m1/s1. The van der Waals surface area contributed by atoms with Gasteiger partial charge in [-0.05, 0) is 56.2 Å². The molecular formula is C22H26Cl2N2O3. The van der Waals surface area contributed by atoms with Gasteiger partial charge in [-0.15, -0.1) is 0 Å². The number of hydrogen-bond donors (Lipinski definition) is 1. The summed E-state index contributed by atoms with van der Waals surface area (Å²) in [6.07, 6.45) is 0.802. The minimum absolute atomic E-state index is 0.0209. The molecule has 0 aliphatic heterocycles. The molecule has 0 aliphatic carbocycles. The van der Waals surface area contributed by atoms with E-state index in [0.29, 0.717) is 15.8 Å². The van der Waals surface area contributed by atoms with Crippen molar-refractivity contribution >= 4 is 35.0 Å². The maximum absolute atomic E-state index is 13.0. The summed E-state index contributed by atoms with van der Waals surface area (Å²) in [6, 6.07) is 13.3.